The van der Waals surface area contributed by atoms with Crippen molar-refractivity contribution < 1.29 is 23.0 Å². The number of hydrogen-bond donors (Lipinski definition) is 1. The van der Waals surface area contributed by atoms with Crippen molar-refractivity contribution in [3.63, 3.8) is 0 Å². The van der Waals surface area contributed by atoms with Gasteiger partial charge >= 0.3 is 6.18 Å². The van der Waals surface area contributed by atoms with Crippen LogP contribution in [0.25, 0.3) is 10.9 Å². The molecule has 2 aromatic rings. The second kappa shape index (κ2) is 5.12. The molecule has 108 valence electrons. The molecule has 1 N–H and O–H groups in total. The first-order chi connectivity index (χ1) is 9.21. The van der Waals surface area contributed by atoms with E-state index in [2.05, 4.69) is 20.9 Å². The van der Waals surface area contributed by atoms with Crippen molar-refractivity contribution in [1.82, 2.24) is 4.98 Å². The molecule has 0 aliphatic rings. The molecule has 7 heteroatoms. The van der Waals surface area contributed by atoms with Gasteiger partial charge < -0.3 is 9.84 Å². The molecular weight excluding hydrogens is 339 g/mol. The molecule has 0 unspecified atom stereocenters. The summed E-state index contributed by atoms with van der Waals surface area (Å²) in [6.45, 7) is 3.38. The number of ether oxygens (including phenoxy) is 1. The Bertz CT molecular complexity index is 656. The summed E-state index contributed by atoms with van der Waals surface area (Å²) in [6, 6.07) is 4.01. The van der Waals surface area contributed by atoms with Crippen molar-refractivity contribution in [1.29, 1.82) is 0 Å². The van der Waals surface area contributed by atoms with Crippen LogP contribution in [0.1, 0.15) is 19.4 Å². The highest BCUT2D eigenvalue weighted by Crippen LogP contribution is 2.45. The second-order valence-corrected chi connectivity index (χ2v) is 5.23. The topological polar surface area (TPSA) is 42.4 Å². The molecule has 0 aliphatic heterocycles. The summed E-state index contributed by atoms with van der Waals surface area (Å²) < 4.78 is 44.7. The standard InChI is InChI=1S/C13H11BrF3NO2/c1-6(2)20-12-11(14)10(13(15,16)17)9-7(18-12)4-3-5-8(9)19/h3-6,19H,1-2H3. The van der Waals surface area contributed by atoms with Gasteiger partial charge in [0.25, 0.3) is 0 Å². The van der Waals surface area contributed by atoms with E-state index in [9.17, 15) is 18.3 Å². The Hall–Kier alpha value is -1.50. The molecule has 0 fully saturated rings. The fourth-order valence-corrected chi connectivity index (χ4v) is 2.43. The maximum Gasteiger partial charge on any atom is 0.418 e. The Morgan fingerprint density at radius 1 is 1.30 bits per heavy atom. The monoisotopic (exact) mass is 349 g/mol. The number of pyridine rings is 1. The number of aromatic hydroxyl groups is 1. The molecule has 0 amide bonds. The van der Waals surface area contributed by atoms with E-state index in [1.165, 1.54) is 18.2 Å². The second-order valence-electron chi connectivity index (χ2n) is 4.44. The molecule has 0 aliphatic carbocycles. The van der Waals surface area contributed by atoms with Crippen LogP contribution in [0.15, 0.2) is 22.7 Å². The number of rotatable bonds is 2. The van der Waals surface area contributed by atoms with Crippen molar-refractivity contribution >= 4 is 26.8 Å². The minimum absolute atomic E-state index is 0.0242. The number of alkyl halides is 3. The first-order valence-corrected chi connectivity index (χ1v) is 6.56. The van der Waals surface area contributed by atoms with Crippen LogP contribution >= 0.6 is 15.9 Å². The van der Waals surface area contributed by atoms with E-state index >= 15 is 0 Å². The highest BCUT2D eigenvalue weighted by molar-refractivity contribution is 9.10. The lowest BCUT2D eigenvalue weighted by Gasteiger charge is -2.17. The summed E-state index contributed by atoms with van der Waals surface area (Å²) in [5, 5.41) is 9.37. The molecular formula is C13H11BrF3NO2. The van der Waals surface area contributed by atoms with Gasteiger partial charge in [0.15, 0.2) is 0 Å². The van der Waals surface area contributed by atoms with Crippen LogP contribution in [0, 0.1) is 0 Å². The molecule has 1 aromatic heterocycles. The molecule has 1 aromatic carbocycles. The molecule has 20 heavy (non-hydrogen) atoms. The Kier molecular flexibility index (Phi) is 3.82. The number of aromatic nitrogens is 1. The van der Waals surface area contributed by atoms with Gasteiger partial charge in [-0.1, -0.05) is 6.07 Å². The minimum atomic E-state index is -4.64. The van der Waals surface area contributed by atoms with Crippen molar-refractivity contribution in [3.05, 3.63) is 28.2 Å². The number of benzene rings is 1. The molecule has 0 spiro atoms. The van der Waals surface area contributed by atoms with Gasteiger partial charge in [0.1, 0.15) is 5.75 Å². The zero-order valence-corrected chi connectivity index (χ0v) is 12.2. The fourth-order valence-electron chi connectivity index (χ4n) is 1.82. The van der Waals surface area contributed by atoms with Crippen molar-refractivity contribution in [2.75, 3.05) is 0 Å². The van der Waals surface area contributed by atoms with Crippen molar-refractivity contribution in [2.24, 2.45) is 0 Å². The van der Waals surface area contributed by atoms with E-state index in [1.807, 2.05) is 0 Å². The first kappa shape index (κ1) is 14.9. The zero-order valence-electron chi connectivity index (χ0n) is 10.6. The van der Waals surface area contributed by atoms with Gasteiger partial charge in [-0.25, -0.2) is 4.98 Å². The highest BCUT2D eigenvalue weighted by Gasteiger charge is 2.38. The Morgan fingerprint density at radius 2 is 1.95 bits per heavy atom. The largest absolute Gasteiger partial charge is 0.507 e. The van der Waals surface area contributed by atoms with Crippen LogP contribution in [-0.2, 0) is 6.18 Å². The first-order valence-electron chi connectivity index (χ1n) is 5.77. The molecule has 0 saturated carbocycles. The van der Waals surface area contributed by atoms with Crippen molar-refractivity contribution in [2.45, 2.75) is 26.1 Å². The summed E-state index contributed by atoms with van der Waals surface area (Å²) in [7, 11) is 0. The number of nitrogens with zero attached hydrogens (tertiary/aromatic N) is 1. The van der Waals surface area contributed by atoms with Gasteiger partial charge in [-0.05, 0) is 41.9 Å². The molecule has 0 radical (unpaired) electrons. The predicted octanol–water partition coefficient (Wildman–Crippen LogP) is 4.51. The molecule has 2 rings (SSSR count). The van der Waals surface area contributed by atoms with Gasteiger partial charge in [0.2, 0.25) is 5.88 Å². The van der Waals surface area contributed by atoms with Gasteiger partial charge in [-0.3, -0.25) is 0 Å². The van der Waals surface area contributed by atoms with Crippen molar-refractivity contribution in [3.8, 4) is 11.6 Å². The van der Waals surface area contributed by atoms with E-state index < -0.39 is 17.5 Å². The van der Waals surface area contributed by atoms with E-state index in [4.69, 9.17) is 4.74 Å². The van der Waals surface area contributed by atoms with Gasteiger partial charge in [0, 0.05) is 0 Å². The van der Waals surface area contributed by atoms with E-state index in [1.54, 1.807) is 13.8 Å². The van der Waals surface area contributed by atoms with Crippen LogP contribution in [-0.4, -0.2) is 16.2 Å². The summed E-state index contributed by atoms with van der Waals surface area (Å²) in [6.07, 6.45) is -4.97. The maximum absolute atomic E-state index is 13.3. The van der Waals surface area contributed by atoms with E-state index in [0.717, 1.165) is 0 Å². The minimum Gasteiger partial charge on any atom is -0.507 e. The Balaban J connectivity index is 2.86. The predicted molar refractivity (Wildman–Crippen MR) is 71.9 cm³/mol. The van der Waals surface area contributed by atoms with Crippen LogP contribution in [0.3, 0.4) is 0 Å². The zero-order chi connectivity index (χ0) is 15.1. The van der Waals surface area contributed by atoms with Crippen LogP contribution in [0.5, 0.6) is 11.6 Å². The summed E-state index contributed by atoms with van der Waals surface area (Å²) in [5.74, 6) is -0.621. The van der Waals surface area contributed by atoms with E-state index in [0.29, 0.717) is 0 Å². The quantitative estimate of drug-likeness (QED) is 0.867. The normalized spacial score (nSPS) is 12.2. The lowest BCUT2D eigenvalue weighted by Crippen LogP contribution is -2.13. The summed E-state index contributed by atoms with van der Waals surface area (Å²) >= 11 is 2.88. The number of fused-ring (bicyclic) bond motifs is 1. The lowest BCUT2D eigenvalue weighted by atomic mass is 10.1. The lowest BCUT2D eigenvalue weighted by molar-refractivity contribution is -0.137. The molecule has 0 atom stereocenters. The van der Waals surface area contributed by atoms with Gasteiger partial charge in [-0.2, -0.15) is 13.2 Å². The van der Waals surface area contributed by atoms with E-state index in [-0.39, 0.29) is 27.4 Å². The Morgan fingerprint density at radius 3 is 2.50 bits per heavy atom. The summed E-state index contributed by atoms with van der Waals surface area (Å²) in [4.78, 5) is 4.02. The smallest absolute Gasteiger partial charge is 0.418 e. The van der Waals surface area contributed by atoms with Gasteiger partial charge in [0.05, 0.1) is 27.0 Å². The molecule has 0 saturated heterocycles. The highest BCUT2D eigenvalue weighted by atomic mass is 79.9. The SMILES string of the molecule is CC(C)Oc1nc2cccc(O)c2c(C(F)(F)F)c1Br. The molecule has 1 heterocycles. The van der Waals surface area contributed by atoms with Crippen LogP contribution < -0.4 is 4.74 Å². The molecule has 3 nitrogen and oxygen atoms in total. The fraction of sp³-hybridized carbons (Fsp3) is 0.308. The third-order valence-electron chi connectivity index (χ3n) is 2.53. The summed E-state index contributed by atoms with van der Waals surface area (Å²) in [5.41, 5.74) is -0.965. The van der Waals surface area contributed by atoms with Crippen LogP contribution in [0.2, 0.25) is 0 Å². The third-order valence-corrected chi connectivity index (χ3v) is 3.27. The number of hydrogen-bond acceptors (Lipinski definition) is 3. The number of phenolic OH excluding ortho intramolecular Hbond substituents is 1. The third kappa shape index (κ3) is 2.67. The average Bonchev–Trinajstić information content (AvgIpc) is 2.29. The average molecular weight is 350 g/mol. The maximum atomic E-state index is 13.3. The number of phenols is 1. The van der Waals surface area contributed by atoms with Crippen LogP contribution in [0.4, 0.5) is 13.2 Å². The Labute approximate surface area is 121 Å². The molecule has 0 bridgehead atoms. The van der Waals surface area contributed by atoms with Gasteiger partial charge in [-0.15, -0.1) is 0 Å². The number of halogens is 4.